The summed E-state index contributed by atoms with van der Waals surface area (Å²) in [4.78, 5) is 47.8. The first-order chi connectivity index (χ1) is 48.8. The van der Waals surface area contributed by atoms with Crippen molar-refractivity contribution in [1.82, 2.24) is 35.1 Å². The molecule has 3 amide bonds. The summed E-state index contributed by atoms with van der Waals surface area (Å²) >= 11 is 0. The molecule has 0 atom stereocenters. The summed E-state index contributed by atoms with van der Waals surface area (Å²) in [6, 6.07) is 62.6. The Kier molecular flexibility index (Phi) is 36.0. The number of nitrogens with two attached hydrogens (primary N) is 1. The third-order valence-corrected chi connectivity index (χ3v) is 17.0. The number of hydrogen-bond donors (Lipinski definition) is 3. The van der Waals surface area contributed by atoms with Gasteiger partial charge in [0, 0.05) is 50.8 Å². The first kappa shape index (κ1) is 81.7. The number of carbonyl (C=O) groups excluding carboxylic acids is 3. The van der Waals surface area contributed by atoms with Crippen LogP contribution in [0, 0.1) is 29.3 Å². The van der Waals surface area contributed by atoms with E-state index in [9.17, 15) is 27.6 Å². The van der Waals surface area contributed by atoms with Gasteiger partial charge >= 0.3 is 18.3 Å². The van der Waals surface area contributed by atoms with Crippen LogP contribution in [0.1, 0.15) is 101 Å². The molecule has 3 saturated heterocycles. The van der Waals surface area contributed by atoms with Gasteiger partial charge in [-0.25, -0.2) is 27.6 Å². The van der Waals surface area contributed by atoms with Gasteiger partial charge in [0.05, 0.1) is 13.2 Å². The van der Waals surface area contributed by atoms with Crippen molar-refractivity contribution >= 4 is 18.3 Å². The van der Waals surface area contributed by atoms with Gasteiger partial charge in [0.15, 0.2) is 0 Å². The molecule has 102 heavy (non-hydrogen) atoms. The van der Waals surface area contributed by atoms with Crippen molar-refractivity contribution < 1.29 is 51.2 Å². The van der Waals surface area contributed by atoms with Crippen LogP contribution in [0.25, 0.3) is 0 Å². The van der Waals surface area contributed by atoms with E-state index < -0.39 is 6.16 Å². The molecule has 8 aromatic rings. The smallest absolute Gasteiger partial charge is 0.493 e. The molecule has 11 rings (SSSR count). The maximum absolute atomic E-state index is 13.3. The molecule has 16 nitrogen and oxygen atoms in total. The monoisotopic (exact) mass is 1400 g/mol. The molecular weight excluding hydrogens is 1290 g/mol. The van der Waals surface area contributed by atoms with Gasteiger partial charge in [-0.2, -0.15) is 0 Å². The Hall–Kier alpha value is -9.24. The Bertz CT molecular complexity index is 3540. The highest BCUT2D eigenvalue weighted by molar-refractivity contribution is 5.74. The largest absolute Gasteiger partial charge is 0.519 e. The van der Waals surface area contributed by atoms with Gasteiger partial charge in [-0.3, -0.25) is 0 Å². The quantitative estimate of drug-likeness (QED) is 0.0460. The van der Waals surface area contributed by atoms with E-state index >= 15 is 0 Å². The second kappa shape index (κ2) is 44.9. The second-order valence-corrected chi connectivity index (χ2v) is 26.5. The second-order valence-electron chi connectivity index (χ2n) is 26.5. The Morgan fingerprint density at radius 2 is 0.765 bits per heavy atom. The van der Waals surface area contributed by atoms with Crippen LogP contribution < -0.4 is 40.1 Å². The Morgan fingerprint density at radius 1 is 0.431 bits per heavy atom. The summed E-state index contributed by atoms with van der Waals surface area (Å²) in [7, 11) is 6.36. The summed E-state index contributed by atoms with van der Waals surface area (Å²) in [5.41, 5.74) is 10.6. The number of benzene rings is 8. The number of para-hydroxylation sites is 3. The van der Waals surface area contributed by atoms with Crippen molar-refractivity contribution in [3.05, 3.63) is 258 Å². The number of halogens is 3. The fourth-order valence-corrected chi connectivity index (χ4v) is 11.0. The molecule has 0 saturated carbocycles. The average Bonchev–Trinajstić information content (AvgIpc) is 0.863. The molecule has 0 unspecified atom stereocenters. The Labute approximate surface area is 603 Å². The third-order valence-electron chi connectivity index (χ3n) is 17.0. The zero-order valence-corrected chi connectivity index (χ0v) is 59.7. The summed E-state index contributed by atoms with van der Waals surface area (Å²) in [5.74, 6) is 3.56. The first-order valence-electron chi connectivity index (χ1n) is 35.1. The van der Waals surface area contributed by atoms with Gasteiger partial charge in [-0.15, -0.1) is 0 Å². The fraction of sp³-hybridized carbons (Fsp3) is 0.386. The van der Waals surface area contributed by atoms with E-state index in [2.05, 4.69) is 74.2 Å². The van der Waals surface area contributed by atoms with E-state index in [1.807, 2.05) is 95.9 Å². The summed E-state index contributed by atoms with van der Waals surface area (Å²) in [6.45, 7) is 18.9. The van der Waals surface area contributed by atoms with Crippen LogP contribution >= 0.6 is 0 Å². The minimum atomic E-state index is -0.739. The number of ether oxygens (including phenoxy) is 5. The number of piperidine rings is 3. The summed E-state index contributed by atoms with van der Waals surface area (Å²) < 4.78 is 65.9. The van der Waals surface area contributed by atoms with Crippen molar-refractivity contribution in [3.8, 4) is 28.7 Å². The number of amides is 3. The number of nitrogens with one attached hydrogen (secondary N) is 2. The normalized spacial score (nSPS) is 14.2. The van der Waals surface area contributed by atoms with E-state index in [-0.39, 0.29) is 49.1 Å². The molecule has 0 spiro atoms. The number of urea groups is 1. The van der Waals surface area contributed by atoms with E-state index in [4.69, 9.17) is 29.4 Å². The molecule has 3 aliphatic rings. The molecule has 0 aliphatic carbocycles. The van der Waals surface area contributed by atoms with Crippen molar-refractivity contribution in [2.24, 2.45) is 17.6 Å². The molecule has 4 N–H and O–H groups in total. The molecule has 3 heterocycles. The van der Waals surface area contributed by atoms with Crippen molar-refractivity contribution in [2.45, 2.75) is 124 Å². The lowest BCUT2D eigenvalue weighted by Gasteiger charge is -2.37. The summed E-state index contributed by atoms with van der Waals surface area (Å²) in [5, 5.41) is 6.60. The average molecular weight is 1400 g/mol. The lowest BCUT2D eigenvalue weighted by molar-refractivity contribution is 0.0979. The van der Waals surface area contributed by atoms with Gasteiger partial charge in [0.2, 0.25) is 0 Å². The van der Waals surface area contributed by atoms with Crippen LogP contribution in [-0.2, 0) is 32.7 Å². The van der Waals surface area contributed by atoms with Crippen LogP contribution in [0.15, 0.2) is 212 Å². The van der Waals surface area contributed by atoms with E-state index in [0.717, 1.165) is 104 Å². The molecule has 0 aromatic heterocycles. The van der Waals surface area contributed by atoms with Crippen LogP contribution in [0.3, 0.4) is 0 Å². The predicted octanol–water partition coefficient (Wildman–Crippen LogP) is 16.7. The third kappa shape index (κ3) is 31.3. The molecule has 0 radical (unpaired) electrons. The zero-order chi connectivity index (χ0) is 72.1. The highest BCUT2D eigenvalue weighted by atomic mass is 19.1. The van der Waals surface area contributed by atoms with E-state index in [1.165, 1.54) is 62.3 Å². The lowest BCUT2D eigenvalue weighted by Crippen LogP contribution is -2.49. The minimum Gasteiger partial charge on any atom is -0.493 e. The number of likely N-dealkylation sites (tertiary alicyclic amines) is 3. The lowest BCUT2D eigenvalue weighted by atomic mass is 10.0. The van der Waals surface area contributed by atoms with E-state index in [0.29, 0.717) is 67.9 Å². The highest BCUT2D eigenvalue weighted by Crippen LogP contribution is 2.24. The van der Waals surface area contributed by atoms with Crippen LogP contribution in [0.2, 0.25) is 0 Å². The number of nitrogens with zero attached hydrogens (tertiary/aromatic N) is 5. The topological polar surface area (TPSA) is 164 Å². The molecular formula is C83H107F3N8O8. The number of carbonyl (C=O) groups is 3. The van der Waals surface area contributed by atoms with Crippen molar-refractivity contribution in [3.63, 3.8) is 0 Å². The number of hydrogen-bond acceptors (Lipinski definition) is 13. The van der Waals surface area contributed by atoms with Gasteiger partial charge in [0.25, 0.3) is 0 Å². The van der Waals surface area contributed by atoms with Gasteiger partial charge in [0.1, 0.15) is 46.2 Å². The standard InChI is InChI=1S/C25H34FN3O2.C20H23FN2O2.C13H19FN2.C13H10O3.C11H17NO.CH4/c1-19(2)18-31-24-10-6-20(7-11-24)16-27-25(30)29(23-12-14-28(3)15-13-23)17-21-4-8-22(26)9-5-21;1-22-13-11-18(12-14-22)23(15-16-7-9-17(21)10-8-16)20(24)25-19-5-3-2-4-6-19;1-16-8-6-13(7-9-16)15-10-11-2-4-12(14)5-3-11;14-13(15-11-7-3-1-4-8-11)16-12-9-5-2-6-10-12;1-9(2)8-13-11-5-3-10(7-12)4-6-11;/h4-11,19,23H,12-18H2,1-3H3,(H,27,30);2-10,18H,11-15H2,1H3;2-5,13,15H,6-10H2,1H3;1-10H;3-6,9H,7-8,12H2,1-2H3;1H4. The predicted molar refractivity (Wildman–Crippen MR) is 401 cm³/mol. The highest BCUT2D eigenvalue weighted by Gasteiger charge is 2.30. The van der Waals surface area contributed by atoms with E-state index in [1.54, 1.807) is 89.8 Å². The van der Waals surface area contributed by atoms with Gasteiger partial charge in [-0.05, 0) is 236 Å². The molecule has 0 bridgehead atoms. The molecule has 8 aromatic carbocycles. The zero-order valence-electron chi connectivity index (χ0n) is 59.7. The molecule has 19 heteroatoms. The summed E-state index contributed by atoms with van der Waals surface area (Å²) in [6.07, 6.45) is 5.00. The van der Waals surface area contributed by atoms with Crippen LogP contribution in [0.5, 0.6) is 28.7 Å². The fourth-order valence-electron chi connectivity index (χ4n) is 11.0. The Balaban J connectivity index is 0.000000207. The van der Waals surface area contributed by atoms with Crippen molar-refractivity contribution in [1.29, 1.82) is 0 Å². The SMILES string of the molecule is C.CC(C)COc1ccc(CN)cc1.CC(C)COc1ccc(CNC(=O)N(Cc2ccc(F)cc2)C2CCN(C)CC2)cc1.CN1CCC(N(Cc2ccc(F)cc2)C(=O)Oc2ccccc2)CC1.CN1CCC(NCc2ccc(F)cc2)CC1.O=C(Oc1ccccc1)Oc1ccccc1. The minimum absolute atomic E-state index is 0. The van der Waals surface area contributed by atoms with Crippen LogP contribution in [0.4, 0.5) is 27.6 Å². The molecule has 3 fully saturated rings. The molecule has 3 aliphatic heterocycles. The first-order valence-corrected chi connectivity index (χ1v) is 35.1. The maximum Gasteiger partial charge on any atom is 0.519 e. The maximum atomic E-state index is 13.3. The van der Waals surface area contributed by atoms with Gasteiger partial charge < -0.3 is 64.6 Å². The van der Waals surface area contributed by atoms with Crippen LogP contribution in [-0.4, -0.2) is 135 Å². The van der Waals surface area contributed by atoms with Crippen molar-refractivity contribution in [2.75, 3.05) is 73.6 Å². The number of rotatable bonds is 21. The molecule has 548 valence electrons. The van der Waals surface area contributed by atoms with Gasteiger partial charge in [-0.1, -0.05) is 150 Å². The Morgan fingerprint density at radius 3 is 1.16 bits per heavy atom.